The van der Waals surface area contributed by atoms with Crippen LogP contribution in [-0.4, -0.2) is 50.9 Å². The fraction of sp³-hybridized carbons (Fsp3) is 0.588. The van der Waals surface area contributed by atoms with E-state index in [1.165, 1.54) is 4.31 Å². The molecule has 25 heavy (non-hydrogen) atoms. The van der Waals surface area contributed by atoms with E-state index in [1.807, 2.05) is 13.8 Å². The average Bonchev–Trinajstić information content (AvgIpc) is 2.62. The van der Waals surface area contributed by atoms with Crippen molar-refractivity contribution in [1.82, 2.24) is 9.62 Å². The molecular formula is C17H27N3O4S. The average molecular weight is 369 g/mol. The second-order valence-electron chi connectivity index (χ2n) is 6.23. The minimum absolute atomic E-state index is 0.0453. The maximum absolute atomic E-state index is 12.7. The molecule has 0 aliphatic carbocycles. The molecule has 1 atom stereocenters. The number of carbonyl (C=O) groups is 1. The molecule has 1 saturated heterocycles. The van der Waals surface area contributed by atoms with Gasteiger partial charge in [0.25, 0.3) is 0 Å². The topological polar surface area (TPSA) is 102 Å². The Balaban J connectivity index is 1.97. The van der Waals surface area contributed by atoms with Crippen LogP contribution in [0.5, 0.6) is 5.75 Å². The first-order valence-electron chi connectivity index (χ1n) is 8.62. The van der Waals surface area contributed by atoms with Crippen LogP contribution >= 0.6 is 0 Å². The molecule has 0 aromatic heterocycles. The molecule has 0 saturated carbocycles. The van der Waals surface area contributed by atoms with Crippen molar-refractivity contribution in [1.29, 1.82) is 0 Å². The van der Waals surface area contributed by atoms with Gasteiger partial charge in [0.2, 0.25) is 15.9 Å². The fourth-order valence-corrected chi connectivity index (χ4v) is 4.27. The molecule has 7 nitrogen and oxygen atoms in total. The highest BCUT2D eigenvalue weighted by molar-refractivity contribution is 7.89. The lowest BCUT2D eigenvalue weighted by Crippen LogP contribution is -2.46. The maximum atomic E-state index is 12.7. The summed E-state index contributed by atoms with van der Waals surface area (Å²) in [5.74, 6) is 0.433. The molecule has 1 heterocycles. The number of rotatable bonds is 7. The van der Waals surface area contributed by atoms with E-state index < -0.39 is 10.0 Å². The smallest absolute Gasteiger partial charge is 0.243 e. The third-order valence-electron chi connectivity index (χ3n) is 4.34. The van der Waals surface area contributed by atoms with Crippen molar-refractivity contribution in [3.05, 3.63) is 24.3 Å². The lowest BCUT2D eigenvalue weighted by Gasteiger charge is -2.31. The van der Waals surface area contributed by atoms with Gasteiger partial charge in [0.1, 0.15) is 5.75 Å². The van der Waals surface area contributed by atoms with Gasteiger partial charge in [-0.1, -0.05) is 0 Å². The zero-order valence-corrected chi connectivity index (χ0v) is 15.6. The molecule has 0 bridgehead atoms. The zero-order valence-electron chi connectivity index (χ0n) is 14.8. The van der Waals surface area contributed by atoms with E-state index in [0.717, 1.165) is 0 Å². The number of sulfonamides is 1. The number of carbonyl (C=O) groups excluding carboxylic acids is 1. The number of nitrogens with two attached hydrogens (primary N) is 1. The first-order valence-corrected chi connectivity index (χ1v) is 10.1. The number of nitrogens with zero attached hydrogens (tertiary/aromatic N) is 1. The summed E-state index contributed by atoms with van der Waals surface area (Å²) >= 11 is 0. The Hall–Kier alpha value is -1.64. The fourth-order valence-electron chi connectivity index (χ4n) is 2.80. The molecular weight excluding hydrogens is 342 g/mol. The predicted molar refractivity (Wildman–Crippen MR) is 95.8 cm³/mol. The normalized spacial score (nSPS) is 17.9. The van der Waals surface area contributed by atoms with Crippen molar-refractivity contribution in [2.24, 2.45) is 11.7 Å². The van der Waals surface area contributed by atoms with E-state index in [0.29, 0.717) is 44.8 Å². The summed E-state index contributed by atoms with van der Waals surface area (Å²) in [6.07, 6.45) is 1.03. The summed E-state index contributed by atoms with van der Waals surface area (Å²) in [6, 6.07) is 6.36. The summed E-state index contributed by atoms with van der Waals surface area (Å²) in [5.41, 5.74) is 5.51. The predicted octanol–water partition coefficient (Wildman–Crippen LogP) is 0.949. The van der Waals surface area contributed by atoms with Gasteiger partial charge in [-0.25, -0.2) is 8.42 Å². The van der Waals surface area contributed by atoms with Gasteiger partial charge >= 0.3 is 0 Å². The number of benzene rings is 1. The van der Waals surface area contributed by atoms with Crippen molar-refractivity contribution in [3.63, 3.8) is 0 Å². The Morgan fingerprint density at radius 3 is 2.44 bits per heavy atom. The Kier molecular flexibility index (Phi) is 6.80. The second-order valence-corrected chi connectivity index (χ2v) is 8.17. The Labute approximate surface area is 149 Å². The molecule has 1 fully saturated rings. The van der Waals surface area contributed by atoms with Crippen LogP contribution in [0.4, 0.5) is 0 Å². The van der Waals surface area contributed by atoms with Crippen molar-refractivity contribution < 1.29 is 17.9 Å². The second kappa shape index (κ2) is 8.64. The highest BCUT2D eigenvalue weighted by Gasteiger charge is 2.32. The molecule has 1 aliphatic rings. The van der Waals surface area contributed by atoms with Crippen LogP contribution in [0, 0.1) is 5.92 Å². The summed E-state index contributed by atoms with van der Waals surface area (Å²) < 4.78 is 32.2. The Morgan fingerprint density at radius 2 is 1.92 bits per heavy atom. The van der Waals surface area contributed by atoms with Gasteiger partial charge < -0.3 is 15.8 Å². The molecule has 3 N–H and O–H groups in total. The van der Waals surface area contributed by atoms with E-state index in [-0.39, 0.29) is 22.8 Å². The molecule has 1 amide bonds. The van der Waals surface area contributed by atoms with Gasteiger partial charge in [0, 0.05) is 31.6 Å². The van der Waals surface area contributed by atoms with E-state index in [1.54, 1.807) is 24.3 Å². The minimum atomic E-state index is -3.54. The SMILES string of the molecule is CCOc1ccc(S(=O)(=O)N2CCC(C(=O)N[C@@H](C)CN)CC2)cc1. The first kappa shape index (κ1) is 19.7. The summed E-state index contributed by atoms with van der Waals surface area (Å²) in [6.45, 7) is 5.32. The molecule has 140 valence electrons. The van der Waals surface area contributed by atoms with E-state index in [2.05, 4.69) is 5.32 Å². The third-order valence-corrected chi connectivity index (χ3v) is 6.25. The van der Waals surface area contributed by atoms with Crippen LogP contribution in [0.25, 0.3) is 0 Å². The Morgan fingerprint density at radius 1 is 1.32 bits per heavy atom. The standard InChI is InChI=1S/C17H27N3O4S/c1-3-24-15-4-6-16(7-5-15)25(22,23)20-10-8-14(9-11-20)17(21)19-13(2)12-18/h4-7,13-14H,3,8-12,18H2,1-2H3,(H,19,21)/t13-/m0/s1. The van der Waals surface area contributed by atoms with Gasteiger partial charge in [-0.05, 0) is 51.0 Å². The molecule has 1 aromatic rings. The van der Waals surface area contributed by atoms with Crippen LogP contribution in [0.15, 0.2) is 29.2 Å². The molecule has 0 radical (unpaired) electrons. The molecule has 8 heteroatoms. The zero-order chi connectivity index (χ0) is 18.4. The van der Waals surface area contributed by atoms with E-state index >= 15 is 0 Å². The first-order chi connectivity index (χ1) is 11.9. The minimum Gasteiger partial charge on any atom is -0.494 e. The van der Waals surface area contributed by atoms with Gasteiger partial charge in [0.05, 0.1) is 11.5 Å². The summed E-state index contributed by atoms with van der Waals surface area (Å²) in [5, 5.41) is 2.86. The molecule has 2 rings (SSSR count). The number of hydrogen-bond donors (Lipinski definition) is 2. The van der Waals surface area contributed by atoms with E-state index in [4.69, 9.17) is 10.5 Å². The largest absolute Gasteiger partial charge is 0.494 e. The lowest BCUT2D eigenvalue weighted by atomic mass is 9.97. The van der Waals surface area contributed by atoms with Crippen LogP contribution in [0.3, 0.4) is 0 Å². The highest BCUT2D eigenvalue weighted by Crippen LogP contribution is 2.25. The highest BCUT2D eigenvalue weighted by atomic mass is 32.2. The number of ether oxygens (including phenoxy) is 1. The van der Waals surface area contributed by atoms with Crippen LogP contribution in [0.1, 0.15) is 26.7 Å². The molecule has 1 aromatic carbocycles. The molecule has 0 unspecified atom stereocenters. The van der Waals surface area contributed by atoms with Crippen molar-refractivity contribution in [3.8, 4) is 5.75 Å². The maximum Gasteiger partial charge on any atom is 0.243 e. The summed E-state index contributed by atoms with van der Waals surface area (Å²) in [4.78, 5) is 12.4. The quantitative estimate of drug-likeness (QED) is 0.745. The van der Waals surface area contributed by atoms with Crippen LogP contribution < -0.4 is 15.8 Å². The van der Waals surface area contributed by atoms with Gasteiger partial charge in [-0.15, -0.1) is 0 Å². The number of amides is 1. The molecule has 1 aliphatic heterocycles. The van der Waals surface area contributed by atoms with Crippen molar-refractivity contribution >= 4 is 15.9 Å². The van der Waals surface area contributed by atoms with Crippen molar-refractivity contribution in [2.75, 3.05) is 26.2 Å². The number of piperidine rings is 1. The third kappa shape index (κ3) is 4.93. The summed E-state index contributed by atoms with van der Waals surface area (Å²) in [7, 11) is -3.54. The van der Waals surface area contributed by atoms with Gasteiger partial charge in [0.15, 0.2) is 0 Å². The Bertz CT molecular complexity index is 668. The lowest BCUT2D eigenvalue weighted by molar-refractivity contribution is -0.126. The van der Waals surface area contributed by atoms with Crippen LogP contribution in [-0.2, 0) is 14.8 Å². The van der Waals surface area contributed by atoms with Crippen molar-refractivity contribution in [2.45, 2.75) is 37.6 Å². The number of nitrogens with one attached hydrogen (secondary N) is 1. The van der Waals surface area contributed by atoms with Crippen LogP contribution in [0.2, 0.25) is 0 Å². The monoisotopic (exact) mass is 369 g/mol. The molecule has 0 spiro atoms. The van der Waals surface area contributed by atoms with E-state index in [9.17, 15) is 13.2 Å². The van der Waals surface area contributed by atoms with Gasteiger partial charge in [-0.2, -0.15) is 4.31 Å². The van der Waals surface area contributed by atoms with Gasteiger partial charge in [-0.3, -0.25) is 4.79 Å². The number of hydrogen-bond acceptors (Lipinski definition) is 5.